The van der Waals surface area contributed by atoms with Crippen molar-refractivity contribution in [3.63, 3.8) is 0 Å². The van der Waals surface area contributed by atoms with E-state index in [4.69, 9.17) is 9.47 Å². The second kappa shape index (κ2) is 5.40. The number of carbonyl (C=O) groups excluding carboxylic acids is 1. The van der Waals surface area contributed by atoms with E-state index in [0.29, 0.717) is 24.7 Å². The Morgan fingerprint density at radius 2 is 2.22 bits per heavy atom. The fourth-order valence-electron chi connectivity index (χ4n) is 1.76. The highest BCUT2D eigenvalue weighted by atomic mass is 16.5. The van der Waals surface area contributed by atoms with Gasteiger partial charge in [0.1, 0.15) is 18.1 Å². The van der Waals surface area contributed by atoms with Gasteiger partial charge < -0.3 is 14.4 Å². The van der Waals surface area contributed by atoms with Crippen LogP contribution in [0.3, 0.4) is 0 Å². The minimum Gasteiger partial charge on any atom is -0.489 e. The summed E-state index contributed by atoms with van der Waals surface area (Å²) < 4.78 is 10.8. The van der Waals surface area contributed by atoms with Crippen molar-refractivity contribution in [2.75, 3.05) is 24.7 Å². The Hall–Kier alpha value is -2.23. The van der Waals surface area contributed by atoms with Crippen LogP contribution in [0.4, 0.5) is 5.69 Å². The maximum absolute atomic E-state index is 11.7. The fourth-order valence-corrected chi connectivity index (χ4v) is 1.76. The molecule has 1 aliphatic heterocycles. The van der Waals surface area contributed by atoms with Gasteiger partial charge in [-0.25, -0.2) is 0 Å². The van der Waals surface area contributed by atoms with Crippen LogP contribution in [0.25, 0.3) is 0 Å². The highest BCUT2D eigenvalue weighted by molar-refractivity contribution is 5.98. The molecule has 0 fully saturated rings. The first-order valence-electron chi connectivity index (χ1n) is 5.68. The molecule has 0 saturated carbocycles. The van der Waals surface area contributed by atoms with E-state index >= 15 is 0 Å². The third kappa shape index (κ3) is 2.37. The lowest BCUT2D eigenvalue weighted by Crippen LogP contribution is -2.38. The number of rotatable bonds is 5. The third-order valence-corrected chi connectivity index (χ3v) is 2.55. The van der Waals surface area contributed by atoms with Crippen molar-refractivity contribution in [3.8, 4) is 11.5 Å². The number of amides is 1. The standard InChI is InChI=1S/C14H15NO3/c1-3-7-15-12-6-5-11(17-8-4-2)9-13(12)18-10-14(15)16/h3-6,9H,1-2,7-8,10H2. The van der Waals surface area contributed by atoms with E-state index in [1.54, 1.807) is 29.2 Å². The molecule has 0 unspecified atom stereocenters. The van der Waals surface area contributed by atoms with Crippen LogP contribution >= 0.6 is 0 Å². The van der Waals surface area contributed by atoms with Crippen LogP contribution in [0.15, 0.2) is 43.5 Å². The van der Waals surface area contributed by atoms with Gasteiger partial charge in [-0.15, -0.1) is 6.58 Å². The summed E-state index contributed by atoms with van der Waals surface area (Å²) in [6.07, 6.45) is 3.36. The zero-order chi connectivity index (χ0) is 13.0. The minimum atomic E-state index is -0.0674. The van der Waals surface area contributed by atoms with Gasteiger partial charge in [0.25, 0.3) is 5.91 Å². The van der Waals surface area contributed by atoms with Gasteiger partial charge in [0, 0.05) is 12.6 Å². The second-order valence-electron chi connectivity index (χ2n) is 3.81. The Bertz CT molecular complexity index is 482. The van der Waals surface area contributed by atoms with Gasteiger partial charge in [0.2, 0.25) is 0 Å². The highest BCUT2D eigenvalue weighted by Gasteiger charge is 2.24. The Morgan fingerprint density at radius 1 is 1.39 bits per heavy atom. The Labute approximate surface area is 106 Å². The largest absolute Gasteiger partial charge is 0.489 e. The number of hydrogen-bond donors (Lipinski definition) is 0. The van der Waals surface area contributed by atoms with Crippen molar-refractivity contribution in [1.82, 2.24) is 0 Å². The molecule has 0 aliphatic carbocycles. The zero-order valence-corrected chi connectivity index (χ0v) is 10.1. The van der Waals surface area contributed by atoms with E-state index in [0.717, 1.165) is 5.69 Å². The SMILES string of the molecule is C=CCOc1ccc2c(c1)OCC(=O)N2CC=C. The van der Waals surface area contributed by atoms with Crippen LogP contribution < -0.4 is 14.4 Å². The van der Waals surface area contributed by atoms with Crippen molar-refractivity contribution in [3.05, 3.63) is 43.5 Å². The molecule has 1 heterocycles. The molecule has 0 aromatic heterocycles. The van der Waals surface area contributed by atoms with Crippen molar-refractivity contribution in [2.45, 2.75) is 0 Å². The van der Waals surface area contributed by atoms with Crippen LogP contribution in [0.2, 0.25) is 0 Å². The van der Waals surface area contributed by atoms with E-state index in [1.165, 1.54) is 0 Å². The molecule has 1 aromatic rings. The van der Waals surface area contributed by atoms with Crippen molar-refractivity contribution < 1.29 is 14.3 Å². The van der Waals surface area contributed by atoms with Crippen LogP contribution in [0, 0.1) is 0 Å². The lowest BCUT2D eigenvalue weighted by Gasteiger charge is -2.28. The first-order valence-corrected chi connectivity index (χ1v) is 5.68. The molecule has 4 nitrogen and oxygen atoms in total. The summed E-state index contributed by atoms with van der Waals surface area (Å²) in [5, 5.41) is 0. The normalized spacial score (nSPS) is 13.6. The summed E-state index contributed by atoms with van der Waals surface area (Å²) in [6, 6.07) is 5.40. The zero-order valence-electron chi connectivity index (χ0n) is 10.1. The monoisotopic (exact) mass is 245 g/mol. The van der Waals surface area contributed by atoms with E-state index in [9.17, 15) is 4.79 Å². The predicted molar refractivity (Wildman–Crippen MR) is 70.2 cm³/mol. The number of nitrogens with zero attached hydrogens (tertiary/aromatic N) is 1. The van der Waals surface area contributed by atoms with E-state index in [2.05, 4.69) is 13.2 Å². The molecule has 0 atom stereocenters. The van der Waals surface area contributed by atoms with Gasteiger partial charge in [-0.3, -0.25) is 4.79 Å². The quantitative estimate of drug-likeness (QED) is 0.746. The summed E-state index contributed by atoms with van der Waals surface area (Å²) >= 11 is 0. The smallest absolute Gasteiger partial charge is 0.265 e. The average molecular weight is 245 g/mol. The molecule has 18 heavy (non-hydrogen) atoms. The van der Waals surface area contributed by atoms with Gasteiger partial charge in [0.05, 0.1) is 5.69 Å². The molecule has 1 amide bonds. The highest BCUT2D eigenvalue weighted by Crippen LogP contribution is 2.35. The topological polar surface area (TPSA) is 38.8 Å². The Balaban J connectivity index is 2.27. The average Bonchev–Trinajstić information content (AvgIpc) is 2.39. The van der Waals surface area contributed by atoms with Crippen LogP contribution in [0.5, 0.6) is 11.5 Å². The number of fused-ring (bicyclic) bond motifs is 1. The van der Waals surface area contributed by atoms with Gasteiger partial charge >= 0.3 is 0 Å². The molecule has 2 rings (SSSR count). The summed E-state index contributed by atoms with van der Waals surface area (Å²) in [6.45, 7) is 8.20. The van der Waals surface area contributed by atoms with E-state index < -0.39 is 0 Å². The summed E-state index contributed by atoms with van der Waals surface area (Å²) in [4.78, 5) is 13.4. The van der Waals surface area contributed by atoms with Crippen LogP contribution in [-0.4, -0.2) is 25.7 Å². The molecule has 0 N–H and O–H groups in total. The molecular formula is C14H15NO3. The van der Waals surface area contributed by atoms with Crippen molar-refractivity contribution in [1.29, 1.82) is 0 Å². The number of benzene rings is 1. The predicted octanol–water partition coefficient (Wildman–Crippen LogP) is 2.16. The second-order valence-corrected chi connectivity index (χ2v) is 3.81. The van der Waals surface area contributed by atoms with Crippen molar-refractivity contribution >= 4 is 11.6 Å². The lowest BCUT2D eigenvalue weighted by atomic mass is 10.2. The molecule has 94 valence electrons. The van der Waals surface area contributed by atoms with E-state index in [1.807, 2.05) is 6.07 Å². The first-order chi connectivity index (χ1) is 8.76. The Morgan fingerprint density at radius 3 is 2.94 bits per heavy atom. The van der Waals surface area contributed by atoms with Gasteiger partial charge in [-0.1, -0.05) is 18.7 Å². The molecule has 4 heteroatoms. The maximum Gasteiger partial charge on any atom is 0.265 e. The maximum atomic E-state index is 11.7. The van der Waals surface area contributed by atoms with Crippen LogP contribution in [-0.2, 0) is 4.79 Å². The molecule has 0 bridgehead atoms. The fraction of sp³-hybridized carbons (Fsp3) is 0.214. The Kier molecular flexibility index (Phi) is 3.67. The summed E-state index contributed by atoms with van der Waals surface area (Å²) in [5.74, 6) is 1.28. The first kappa shape index (κ1) is 12.2. The number of anilines is 1. The molecule has 0 saturated heterocycles. The third-order valence-electron chi connectivity index (χ3n) is 2.55. The molecule has 0 radical (unpaired) electrons. The summed E-state index contributed by atoms with van der Waals surface area (Å²) in [5.41, 5.74) is 0.747. The number of ether oxygens (including phenoxy) is 2. The number of carbonyl (C=O) groups is 1. The summed E-state index contributed by atoms with van der Waals surface area (Å²) in [7, 11) is 0. The van der Waals surface area contributed by atoms with E-state index in [-0.39, 0.29) is 12.5 Å². The van der Waals surface area contributed by atoms with Crippen LogP contribution in [0.1, 0.15) is 0 Å². The number of hydrogen-bond acceptors (Lipinski definition) is 3. The molecule has 1 aromatic carbocycles. The minimum absolute atomic E-state index is 0.0474. The van der Waals surface area contributed by atoms with Crippen molar-refractivity contribution in [2.24, 2.45) is 0 Å². The molecule has 0 spiro atoms. The molecule has 1 aliphatic rings. The van der Waals surface area contributed by atoms with Gasteiger partial charge in [0.15, 0.2) is 6.61 Å². The van der Waals surface area contributed by atoms with Gasteiger partial charge in [-0.05, 0) is 12.1 Å². The van der Waals surface area contributed by atoms with Gasteiger partial charge in [-0.2, -0.15) is 0 Å². The lowest BCUT2D eigenvalue weighted by molar-refractivity contribution is -0.121. The molecular weight excluding hydrogens is 230 g/mol.